The van der Waals surface area contributed by atoms with Crippen molar-refractivity contribution in [1.82, 2.24) is 4.90 Å². The highest BCUT2D eigenvalue weighted by Crippen LogP contribution is 2.34. The lowest BCUT2D eigenvalue weighted by atomic mass is 10.1. The highest BCUT2D eigenvalue weighted by Gasteiger charge is 2.35. The normalized spacial score (nSPS) is 25.1. The molecule has 4 heteroatoms. The van der Waals surface area contributed by atoms with Crippen LogP contribution in [0.15, 0.2) is 35.3 Å². The Hall–Kier alpha value is -1.00. The molecule has 0 aromatic heterocycles. The smallest absolute Gasteiger partial charge is 0.194 e. The van der Waals surface area contributed by atoms with Gasteiger partial charge in [-0.15, -0.1) is 0 Å². The van der Waals surface area contributed by atoms with Gasteiger partial charge in [0.05, 0.1) is 5.75 Å². The maximum absolute atomic E-state index is 10.3. The van der Waals surface area contributed by atoms with Crippen LogP contribution in [0.4, 0.5) is 0 Å². The van der Waals surface area contributed by atoms with Crippen molar-refractivity contribution in [3.05, 3.63) is 35.9 Å². The fraction of sp³-hybridized carbons (Fsp3) is 0.364. The molecule has 0 bridgehead atoms. The van der Waals surface area contributed by atoms with Gasteiger partial charge in [0.1, 0.15) is 0 Å². The van der Waals surface area contributed by atoms with Gasteiger partial charge >= 0.3 is 0 Å². The van der Waals surface area contributed by atoms with Gasteiger partial charge in [-0.1, -0.05) is 42.1 Å². The van der Waals surface area contributed by atoms with Crippen LogP contribution < -0.4 is 0 Å². The Morgan fingerprint density at radius 3 is 2.53 bits per heavy atom. The molecule has 1 heterocycles. The molecule has 1 atom stereocenters. The molecule has 0 saturated heterocycles. The summed E-state index contributed by atoms with van der Waals surface area (Å²) < 4.78 is 0. The van der Waals surface area contributed by atoms with Gasteiger partial charge < -0.3 is 10.0 Å². The molecule has 2 rings (SSSR count). The minimum atomic E-state index is -1.05. The summed E-state index contributed by atoms with van der Waals surface area (Å²) in [5.74, 6) is 0.588. The number of benzene rings is 1. The van der Waals surface area contributed by atoms with Crippen molar-refractivity contribution < 1.29 is 5.11 Å². The van der Waals surface area contributed by atoms with Crippen molar-refractivity contribution in [3.63, 3.8) is 0 Å². The van der Waals surface area contributed by atoms with Gasteiger partial charge in [0, 0.05) is 19.7 Å². The van der Waals surface area contributed by atoms with Crippen LogP contribution in [0.3, 0.4) is 0 Å². The second-order valence-electron chi connectivity index (χ2n) is 3.76. The fourth-order valence-corrected chi connectivity index (χ4v) is 2.51. The van der Waals surface area contributed by atoms with E-state index >= 15 is 0 Å². The maximum Gasteiger partial charge on any atom is 0.194 e. The first-order valence-corrected chi connectivity index (χ1v) is 5.78. The molecule has 0 fully saturated rings. The van der Waals surface area contributed by atoms with Crippen molar-refractivity contribution in [2.24, 2.45) is 4.99 Å². The molecule has 80 valence electrons. The maximum atomic E-state index is 10.3. The molecular formula is C11H14N2OS. The van der Waals surface area contributed by atoms with Gasteiger partial charge in [0.2, 0.25) is 0 Å². The van der Waals surface area contributed by atoms with Crippen molar-refractivity contribution in [3.8, 4) is 0 Å². The highest BCUT2D eigenvalue weighted by molar-refractivity contribution is 8.14. The minimum Gasteiger partial charge on any atom is -0.365 e. The summed E-state index contributed by atoms with van der Waals surface area (Å²) in [4.78, 5) is 6.27. The predicted molar refractivity (Wildman–Crippen MR) is 63.9 cm³/mol. The van der Waals surface area contributed by atoms with E-state index in [4.69, 9.17) is 0 Å². The number of amidine groups is 1. The van der Waals surface area contributed by atoms with Crippen LogP contribution in [0.5, 0.6) is 0 Å². The number of hydrogen-bond donors (Lipinski definition) is 1. The number of nitrogens with zero attached hydrogens (tertiary/aromatic N) is 2. The highest BCUT2D eigenvalue weighted by atomic mass is 32.2. The van der Waals surface area contributed by atoms with Crippen LogP contribution >= 0.6 is 11.8 Å². The lowest BCUT2D eigenvalue weighted by Gasteiger charge is -2.18. The fourth-order valence-electron chi connectivity index (χ4n) is 1.47. The molecule has 1 N–H and O–H groups in total. The van der Waals surface area contributed by atoms with Crippen LogP contribution in [0.1, 0.15) is 5.56 Å². The van der Waals surface area contributed by atoms with Crippen LogP contribution in [-0.2, 0) is 5.72 Å². The Morgan fingerprint density at radius 1 is 1.33 bits per heavy atom. The third-order valence-electron chi connectivity index (χ3n) is 2.30. The van der Waals surface area contributed by atoms with E-state index in [-0.39, 0.29) is 0 Å². The molecule has 1 aliphatic heterocycles. The molecule has 1 aliphatic rings. The largest absolute Gasteiger partial charge is 0.365 e. The third kappa shape index (κ3) is 2.01. The van der Waals surface area contributed by atoms with Gasteiger partial charge in [-0.3, -0.25) is 0 Å². The Morgan fingerprint density at radius 2 is 2.00 bits per heavy atom. The molecular weight excluding hydrogens is 208 g/mol. The zero-order valence-corrected chi connectivity index (χ0v) is 9.66. The zero-order chi connectivity index (χ0) is 10.9. The van der Waals surface area contributed by atoms with E-state index in [0.717, 1.165) is 10.7 Å². The monoisotopic (exact) mass is 222 g/mol. The molecule has 0 aliphatic carbocycles. The van der Waals surface area contributed by atoms with Gasteiger partial charge in [0.25, 0.3) is 0 Å². The SMILES string of the molecule is CN(C)C1=NC(O)(c2ccccc2)CS1. The lowest BCUT2D eigenvalue weighted by molar-refractivity contribution is 0.0751. The summed E-state index contributed by atoms with van der Waals surface area (Å²) in [6, 6.07) is 9.58. The Bertz CT molecular complexity index is 377. The van der Waals surface area contributed by atoms with E-state index in [0.29, 0.717) is 5.75 Å². The zero-order valence-electron chi connectivity index (χ0n) is 8.84. The molecule has 0 amide bonds. The first-order valence-electron chi connectivity index (χ1n) is 4.80. The third-order valence-corrected chi connectivity index (χ3v) is 3.56. The van der Waals surface area contributed by atoms with Crippen molar-refractivity contribution in [1.29, 1.82) is 0 Å². The first-order chi connectivity index (χ1) is 7.12. The molecule has 1 unspecified atom stereocenters. The van der Waals surface area contributed by atoms with Crippen LogP contribution in [0.2, 0.25) is 0 Å². The van der Waals surface area contributed by atoms with E-state index in [1.807, 2.05) is 49.3 Å². The summed E-state index contributed by atoms with van der Waals surface area (Å²) in [6.07, 6.45) is 0. The van der Waals surface area contributed by atoms with Crippen LogP contribution in [0, 0.1) is 0 Å². The molecule has 0 saturated carbocycles. The van der Waals surface area contributed by atoms with E-state index in [9.17, 15) is 5.11 Å². The van der Waals surface area contributed by atoms with Gasteiger partial charge in [-0.05, 0) is 0 Å². The number of aliphatic imine (C=N–C) groups is 1. The quantitative estimate of drug-likeness (QED) is 0.782. The predicted octanol–water partition coefficient (Wildman–Crippen LogP) is 1.50. The summed E-state index contributed by atoms with van der Waals surface area (Å²) in [7, 11) is 3.87. The Balaban J connectivity index is 2.31. The molecule has 0 radical (unpaired) electrons. The minimum absolute atomic E-state index is 0.588. The van der Waals surface area contributed by atoms with Crippen LogP contribution in [0.25, 0.3) is 0 Å². The van der Waals surface area contributed by atoms with Crippen molar-refractivity contribution in [2.45, 2.75) is 5.72 Å². The first kappa shape index (κ1) is 10.5. The molecule has 0 spiro atoms. The van der Waals surface area contributed by atoms with Gasteiger partial charge in [0.15, 0.2) is 10.9 Å². The second kappa shape index (κ2) is 3.87. The van der Waals surface area contributed by atoms with Crippen LogP contribution in [-0.4, -0.2) is 35.0 Å². The number of hydrogen-bond acceptors (Lipinski definition) is 4. The topological polar surface area (TPSA) is 35.8 Å². The molecule has 3 nitrogen and oxygen atoms in total. The molecule has 1 aromatic carbocycles. The summed E-state index contributed by atoms with van der Waals surface area (Å²) in [5, 5.41) is 11.2. The molecule has 1 aromatic rings. The van der Waals surface area contributed by atoms with Gasteiger partial charge in [-0.25, -0.2) is 4.99 Å². The Kier molecular flexibility index (Phi) is 2.71. The number of thioether (sulfide) groups is 1. The number of aliphatic hydroxyl groups is 1. The summed E-state index contributed by atoms with van der Waals surface area (Å²) in [6.45, 7) is 0. The van der Waals surface area contributed by atoms with E-state index in [1.54, 1.807) is 11.8 Å². The van der Waals surface area contributed by atoms with Crippen molar-refractivity contribution in [2.75, 3.05) is 19.8 Å². The summed E-state index contributed by atoms with van der Waals surface area (Å²) >= 11 is 1.58. The number of rotatable bonds is 1. The van der Waals surface area contributed by atoms with E-state index in [1.165, 1.54) is 0 Å². The summed E-state index contributed by atoms with van der Waals surface area (Å²) in [5.41, 5.74) is -0.194. The molecule has 15 heavy (non-hydrogen) atoms. The average molecular weight is 222 g/mol. The van der Waals surface area contributed by atoms with E-state index < -0.39 is 5.72 Å². The standard InChI is InChI=1S/C11H14N2OS/c1-13(2)10-12-11(14,8-15-10)9-6-4-3-5-7-9/h3-7,14H,8H2,1-2H3. The Labute approximate surface area is 93.8 Å². The second-order valence-corrected chi connectivity index (χ2v) is 4.70. The van der Waals surface area contributed by atoms with Crippen molar-refractivity contribution >= 4 is 16.9 Å². The van der Waals surface area contributed by atoms with E-state index in [2.05, 4.69) is 4.99 Å². The lowest BCUT2D eigenvalue weighted by Crippen LogP contribution is -2.23. The average Bonchev–Trinajstić information content (AvgIpc) is 2.64. The van der Waals surface area contributed by atoms with Gasteiger partial charge in [-0.2, -0.15) is 0 Å².